The van der Waals surface area contributed by atoms with E-state index in [4.69, 9.17) is 9.47 Å². The van der Waals surface area contributed by atoms with Gasteiger partial charge >= 0.3 is 0 Å². The highest BCUT2D eigenvalue weighted by Crippen LogP contribution is 2.40. The van der Waals surface area contributed by atoms with E-state index in [2.05, 4.69) is 71.6 Å². The quantitative estimate of drug-likeness (QED) is 0.697. The molecule has 0 fully saturated rings. The molecular formula is C21H17NO2. The Kier molecular flexibility index (Phi) is 2.98. The Morgan fingerprint density at radius 1 is 0.875 bits per heavy atom. The van der Waals surface area contributed by atoms with Gasteiger partial charge < -0.3 is 14.0 Å². The van der Waals surface area contributed by atoms with E-state index >= 15 is 0 Å². The van der Waals surface area contributed by atoms with E-state index in [9.17, 15) is 0 Å². The number of nitrogens with zero attached hydrogens (tertiary/aromatic N) is 1. The molecule has 0 bridgehead atoms. The Morgan fingerprint density at radius 3 is 2.62 bits per heavy atom. The molecule has 2 aromatic carbocycles. The van der Waals surface area contributed by atoms with Crippen LogP contribution in [0.15, 0.2) is 73.1 Å². The highest BCUT2D eigenvalue weighted by Gasteiger charge is 2.24. The average molecular weight is 315 g/mol. The highest BCUT2D eigenvalue weighted by molar-refractivity contribution is 5.62. The van der Waals surface area contributed by atoms with Crippen molar-refractivity contribution in [3.05, 3.63) is 89.8 Å². The van der Waals surface area contributed by atoms with Crippen molar-refractivity contribution in [2.75, 3.05) is 6.79 Å². The first-order valence-electron chi connectivity index (χ1n) is 8.20. The first-order chi connectivity index (χ1) is 11.9. The molecule has 1 unspecified atom stereocenters. The number of fused-ring (bicyclic) bond motifs is 2. The van der Waals surface area contributed by atoms with Gasteiger partial charge in [0.2, 0.25) is 6.79 Å². The topological polar surface area (TPSA) is 23.4 Å². The SMILES string of the molecule is C1=C(n2cccc2)Cc2ccccc2C1c1ccc2c(c1)OCO2. The third kappa shape index (κ3) is 2.13. The van der Waals surface area contributed by atoms with Gasteiger partial charge in [0.05, 0.1) is 0 Å². The second-order valence-electron chi connectivity index (χ2n) is 6.21. The van der Waals surface area contributed by atoms with Crippen LogP contribution in [0.3, 0.4) is 0 Å². The summed E-state index contributed by atoms with van der Waals surface area (Å²) in [5, 5.41) is 0. The first-order valence-corrected chi connectivity index (χ1v) is 8.20. The highest BCUT2D eigenvalue weighted by atomic mass is 16.7. The van der Waals surface area contributed by atoms with Gasteiger partial charge in [0.1, 0.15) is 0 Å². The molecule has 3 heteroatoms. The predicted molar refractivity (Wildman–Crippen MR) is 93.3 cm³/mol. The maximum absolute atomic E-state index is 5.57. The van der Waals surface area contributed by atoms with Gasteiger partial charge in [-0.05, 0) is 41.0 Å². The molecule has 1 aliphatic carbocycles. The molecule has 1 aromatic heterocycles. The van der Waals surface area contributed by atoms with Gasteiger partial charge in [-0.15, -0.1) is 0 Å². The maximum atomic E-state index is 5.57. The molecule has 3 aromatic rings. The summed E-state index contributed by atoms with van der Waals surface area (Å²) >= 11 is 0. The van der Waals surface area contributed by atoms with Crippen LogP contribution in [-0.2, 0) is 6.42 Å². The molecule has 0 N–H and O–H groups in total. The third-order valence-corrected chi connectivity index (χ3v) is 4.81. The molecule has 0 amide bonds. The minimum absolute atomic E-state index is 0.224. The fraction of sp³-hybridized carbons (Fsp3) is 0.143. The van der Waals surface area contributed by atoms with Gasteiger partial charge in [-0.1, -0.05) is 36.4 Å². The molecule has 2 aliphatic rings. The Labute approximate surface area is 140 Å². The number of aromatic nitrogens is 1. The summed E-state index contributed by atoms with van der Waals surface area (Å²) in [5.74, 6) is 1.89. The van der Waals surface area contributed by atoms with Crippen LogP contribution >= 0.6 is 0 Å². The minimum Gasteiger partial charge on any atom is -0.454 e. The normalized spacial score (nSPS) is 18.2. The summed E-state index contributed by atoms with van der Waals surface area (Å²) in [7, 11) is 0. The lowest BCUT2D eigenvalue weighted by atomic mass is 9.82. The Balaban J connectivity index is 1.64. The Morgan fingerprint density at radius 2 is 1.71 bits per heavy atom. The van der Waals surface area contributed by atoms with Crippen LogP contribution in [0.5, 0.6) is 11.5 Å². The van der Waals surface area contributed by atoms with Crippen molar-refractivity contribution >= 4 is 5.70 Å². The van der Waals surface area contributed by atoms with Crippen LogP contribution in [0.1, 0.15) is 22.6 Å². The van der Waals surface area contributed by atoms with E-state index in [-0.39, 0.29) is 5.92 Å². The van der Waals surface area contributed by atoms with Crippen LogP contribution in [0.2, 0.25) is 0 Å². The molecule has 118 valence electrons. The van der Waals surface area contributed by atoms with Crippen LogP contribution < -0.4 is 9.47 Å². The van der Waals surface area contributed by atoms with E-state index in [1.807, 2.05) is 6.07 Å². The molecule has 24 heavy (non-hydrogen) atoms. The average Bonchev–Trinajstić information content (AvgIpc) is 3.31. The summed E-state index contributed by atoms with van der Waals surface area (Å²) in [5.41, 5.74) is 5.29. The van der Waals surface area contributed by atoms with Crippen LogP contribution in [0, 0.1) is 0 Å². The molecule has 0 spiro atoms. The zero-order valence-corrected chi connectivity index (χ0v) is 13.2. The first kappa shape index (κ1) is 13.5. The van der Waals surface area contributed by atoms with Gasteiger partial charge in [0.15, 0.2) is 11.5 Å². The lowest BCUT2D eigenvalue weighted by Gasteiger charge is -2.26. The molecule has 0 saturated carbocycles. The fourth-order valence-corrected chi connectivity index (χ4v) is 3.62. The molecule has 1 aliphatic heterocycles. The lowest BCUT2D eigenvalue weighted by molar-refractivity contribution is 0.174. The second kappa shape index (κ2) is 5.31. The molecule has 1 atom stereocenters. The summed E-state index contributed by atoms with van der Waals surface area (Å²) in [6, 6.07) is 19.1. The van der Waals surface area contributed by atoms with E-state index in [1.165, 1.54) is 22.4 Å². The van der Waals surface area contributed by atoms with Crippen molar-refractivity contribution in [3.8, 4) is 11.5 Å². The molecule has 0 radical (unpaired) electrons. The lowest BCUT2D eigenvalue weighted by Crippen LogP contribution is -2.12. The predicted octanol–water partition coefficient (Wildman–Crippen LogP) is 4.45. The van der Waals surface area contributed by atoms with E-state index < -0.39 is 0 Å². The summed E-state index contributed by atoms with van der Waals surface area (Å²) in [6.45, 7) is 0.310. The van der Waals surface area contributed by atoms with Gasteiger partial charge in [-0.2, -0.15) is 0 Å². The smallest absolute Gasteiger partial charge is 0.231 e. The molecule has 3 nitrogen and oxygen atoms in total. The number of ether oxygens (including phenoxy) is 2. The summed E-state index contributed by atoms with van der Waals surface area (Å²) in [6.07, 6.45) is 7.53. The third-order valence-electron chi connectivity index (χ3n) is 4.81. The van der Waals surface area contributed by atoms with Gasteiger partial charge in [-0.3, -0.25) is 0 Å². The Hall–Kier alpha value is -2.94. The van der Waals surface area contributed by atoms with Crippen molar-refractivity contribution in [1.29, 1.82) is 0 Å². The Bertz CT molecular complexity index is 925. The van der Waals surface area contributed by atoms with Crippen molar-refractivity contribution in [2.45, 2.75) is 12.3 Å². The number of rotatable bonds is 2. The van der Waals surface area contributed by atoms with Crippen molar-refractivity contribution in [2.24, 2.45) is 0 Å². The zero-order chi connectivity index (χ0) is 15.9. The van der Waals surface area contributed by atoms with Crippen molar-refractivity contribution in [3.63, 3.8) is 0 Å². The second-order valence-corrected chi connectivity index (χ2v) is 6.21. The van der Waals surface area contributed by atoms with Gasteiger partial charge in [0.25, 0.3) is 0 Å². The number of benzene rings is 2. The standard InChI is InChI=1S/C21H17NO2/c1-2-6-18-15(5-1)11-17(22-9-3-4-10-22)13-19(18)16-7-8-20-21(12-16)24-14-23-20/h1-10,12-13,19H,11,14H2. The van der Waals surface area contributed by atoms with Crippen LogP contribution in [0.25, 0.3) is 5.70 Å². The molecule has 0 saturated heterocycles. The monoisotopic (exact) mass is 315 g/mol. The van der Waals surface area contributed by atoms with Gasteiger partial charge in [0, 0.05) is 30.4 Å². The number of allylic oxidation sites excluding steroid dienone is 2. The minimum atomic E-state index is 0.224. The molecule has 5 rings (SSSR count). The largest absolute Gasteiger partial charge is 0.454 e. The molecule has 2 heterocycles. The number of hydrogen-bond acceptors (Lipinski definition) is 2. The summed E-state index contributed by atoms with van der Waals surface area (Å²) < 4.78 is 13.2. The van der Waals surface area contributed by atoms with Crippen molar-refractivity contribution < 1.29 is 9.47 Å². The van der Waals surface area contributed by atoms with E-state index in [0.29, 0.717) is 6.79 Å². The van der Waals surface area contributed by atoms with E-state index in [1.54, 1.807) is 0 Å². The zero-order valence-electron chi connectivity index (χ0n) is 13.2. The number of hydrogen-bond donors (Lipinski definition) is 0. The fourth-order valence-electron chi connectivity index (χ4n) is 3.62. The molecular weight excluding hydrogens is 298 g/mol. The van der Waals surface area contributed by atoms with Crippen LogP contribution in [-0.4, -0.2) is 11.4 Å². The maximum Gasteiger partial charge on any atom is 0.231 e. The van der Waals surface area contributed by atoms with Gasteiger partial charge in [-0.25, -0.2) is 0 Å². The van der Waals surface area contributed by atoms with E-state index in [0.717, 1.165) is 17.9 Å². The summed E-state index contributed by atoms with van der Waals surface area (Å²) in [4.78, 5) is 0. The van der Waals surface area contributed by atoms with Crippen LogP contribution in [0.4, 0.5) is 0 Å². The van der Waals surface area contributed by atoms with Crippen molar-refractivity contribution in [1.82, 2.24) is 4.57 Å².